The maximum absolute atomic E-state index is 12.6. The third-order valence-electron chi connectivity index (χ3n) is 4.50. The van der Waals surface area contributed by atoms with Gasteiger partial charge in [-0.15, -0.1) is 0 Å². The summed E-state index contributed by atoms with van der Waals surface area (Å²) in [4.78, 5) is 18.8. The molecule has 7 heteroatoms. The molecule has 0 saturated carbocycles. The zero-order chi connectivity index (χ0) is 20.8. The number of pyridine rings is 1. The predicted octanol–water partition coefficient (Wildman–Crippen LogP) is 5.10. The minimum atomic E-state index is -0.0752. The number of benzene rings is 2. The first-order valence-electron chi connectivity index (χ1n) is 9.45. The molecule has 1 N–H and O–H groups in total. The molecule has 0 fully saturated rings. The zero-order valence-electron chi connectivity index (χ0n) is 16.5. The third kappa shape index (κ3) is 5.88. The van der Waals surface area contributed by atoms with Gasteiger partial charge in [-0.3, -0.25) is 0 Å². The van der Waals surface area contributed by atoms with Crippen LogP contribution in [0.4, 0.5) is 5.82 Å². The van der Waals surface area contributed by atoms with Crippen molar-refractivity contribution in [3.05, 3.63) is 69.7 Å². The number of halogens is 2. The standard InChI is InChI=1S/C22H24AsCl2N3O/c1-28(2)22(29)17-13-21(27-20-7-4-3-6-16(17)20)26-11-5-10-23-14-15-8-9-18(24)19(25)12-15/h3-4,6-9,12-13,23H,5,10-11,14H2,1-2H3,(H,26,27). The van der Waals surface area contributed by atoms with E-state index in [1.54, 1.807) is 19.0 Å². The normalized spacial score (nSPS) is 11.3. The molecular formula is C22H24AsCl2N3O. The molecule has 1 atom stereocenters. The fraction of sp³-hybridized carbons (Fsp3) is 0.273. The summed E-state index contributed by atoms with van der Waals surface area (Å²) in [6.45, 7) is 0.839. The van der Waals surface area contributed by atoms with Crippen LogP contribution >= 0.6 is 23.2 Å². The number of nitrogens with one attached hydrogen (secondary N) is 1. The van der Waals surface area contributed by atoms with Gasteiger partial charge in [0.2, 0.25) is 0 Å². The summed E-state index contributed by atoms with van der Waals surface area (Å²) >= 11 is 12.0. The van der Waals surface area contributed by atoms with Crippen molar-refractivity contribution in [2.75, 3.05) is 26.0 Å². The molecule has 0 spiro atoms. The van der Waals surface area contributed by atoms with Gasteiger partial charge in [-0.25, -0.2) is 0 Å². The van der Waals surface area contributed by atoms with Crippen molar-refractivity contribution in [3.8, 4) is 0 Å². The average molecular weight is 492 g/mol. The Kier molecular flexibility index (Phi) is 7.83. The van der Waals surface area contributed by atoms with E-state index in [2.05, 4.69) is 16.4 Å². The van der Waals surface area contributed by atoms with Crippen molar-refractivity contribution in [2.45, 2.75) is 16.8 Å². The maximum atomic E-state index is 12.6. The van der Waals surface area contributed by atoms with E-state index in [1.807, 2.05) is 42.5 Å². The van der Waals surface area contributed by atoms with Gasteiger partial charge in [0.15, 0.2) is 0 Å². The second-order valence-electron chi connectivity index (χ2n) is 6.98. The zero-order valence-corrected chi connectivity index (χ0v) is 20.1. The van der Waals surface area contributed by atoms with E-state index in [-0.39, 0.29) is 21.7 Å². The van der Waals surface area contributed by atoms with Gasteiger partial charge in [0.25, 0.3) is 0 Å². The molecule has 0 aliphatic heterocycles. The SMILES string of the molecule is CN(C)C(=O)c1cc(NCCC[AsH]Cc2ccc(Cl)c(Cl)c2)nc2ccccc12. The van der Waals surface area contributed by atoms with Gasteiger partial charge < -0.3 is 0 Å². The molecular weight excluding hydrogens is 468 g/mol. The number of para-hydroxylation sites is 1. The first-order valence-corrected chi connectivity index (χ1v) is 13.2. The van der Waals surface area contributed by atoms with E-state index in [0.717, 1.165) is 34.9 Å². The Morgan fingerprint density at radius 3 is 2.66 bits per heavy atom. The van der Waals surface area contributed by atoms with E-state index in [9.17, 15) is 4.79 Å². The molecule has 4 nitrogen and oxygen atoms in total. The van der Waals surface area contributed by atoms with Gasteiger partial charge in [0, 0.05) is 0 Å². The van der Waals surface area contributed by atoms with Crippen LogP contribution in [0.5, 0.6) is 0 Å². The number of carbonyl (C=O) groups excluding carboxylic acids is 1. The van der Waals surface area contributed by atoms with Crippen molar-refractivity contribution in [1.29, 1.82) is 0 Å². The molecule has 1 heterocycles. The van der Waals surface area contributed by atoms with Gasteiger partial charge >= 0.3 is 189 Å². The summed E-state index contributed by atoms with van der Waals surface area (Å²) in [6.07, 6.45) is 1.08. The van der Waals surface area contributed by atoms with E-state index in [1.165, 1.54) is 10.8 Å². The van der Waals surface area contributed by atoms with Crippen LogP contribution in [0.3, 0.4) is 0 Å². The Labute approximate surface area is 188 Å². The van der Waals surface area contributed by atoms with E-state index < -0.39 is 0 Å². The van der Waals surface area contributed by atoms with Gasteiger partial charge in [0.05, 0.1) is 0 Å². The van der Waals surface area contributed by atoms with Crippen LogP contribution in [0.2, 0.25) is 15.3 Å². The fourth-order valence-electron chi connectivity index (χ4n) is 3.00. The van der Waals surface area contributed by atoms with Crippen molar-refractivity contribution < 1.29 is 4.79 Å². The quantitative estimate of drug-likeness (QED) is 0.352. The summed E-state index contributed by atoms with van der Waals surface area (Å²) in [5.74, 6) is 0.735. The molecule has 152 valence electrons. The number of anilines is 1. The molecule has 0 aliphatic carbocycles. The third-order valence-corrected chi connectivity index (χ3v) is 8.11. The molecule has 0 radical (unpaired) electrons. The van der Waals surface area contributed by atoms with Crippen molar-refractivity contribution >= 4 is 61.6 Å². The molecule has 1 aromatic heterocycles. The number of carbonyl (C=O) groups is 1. The number of amides is 1. The number of hydrogen-bond donors (Lipinski definition) is 1. The van der Waals surface area contributed by atoms with Crippen LogP contribution < -0.4 is 5.32 Å². The summed E-state index contributed by atoms with van der Waals surface area (Å²) in [6, 6.07) is 15.5. The van der Waals surface area contributed by atoms with Crippen LogP contribution in [0, 0.1) is 0 Å². The minimum absolute atomic E-state index is 0.0139. The Morgan fingerprint density at radius 1 is 1.10 bits per heavy atom. The van der Waals surface area contributed by atoms with Gasteiger partial charge in [-0.2, -0.15) is 0 Å². The molecule has 29 heavy (non-hydrogen) atoms. The summed E-state index contributed by atoms with van der Waals surface area (Å²) in [7, 11) is 3.53. The molecule has 3 rings (SSSR count). The summed E-state index contributed by atoms with van der Waals surface area (Å²) in [5.41, 5.74) is 2.77. The summed E-state index contributed by atoms with van der Waals surface area (Å²) < 4.78 is 0. The van der Waals surface area contributed by atoms with E-state index in [4.69, 9.17) is 23.2 Å². The summed E-state index contributed by atoms with van der Waals surface area (Å²) in [5, 5.41) is 7.82. The second-order valence-corrected chi connectivity index (χ2v) is 10.6. The molecule has 3 aromatic rings. The van der Waals surface area contributed by atoms with Crippen LogP contribution in [-0.4, -0.2) is 52.2 Å². The van der Waals surface area contributed by atoms with Gasteiger partial charge in [-0.05, 0) is 0 Å². The van der Waals surface area contributed by atoms with Gasteiger partial charge in [-0.1, -0.05) is 0 Å². The molecule has 1 amide bonds. The molecule has 0 bridgehead atoms. The van der Waals surface area contributed by atoms with E-state index >= 15 is 0 Å². The van der Waals surface area contributed by atoms with Crippen molar-refractivity contribution in [1.82, 2.24) is 9.88 Å². The van der Waals surface area contributed by atoms with Gasteiger partial charge in [0.1, 0.15) is 0 Å². The molecule has 2 aromatic carbocycles. The Balaban J connectivity index is 1.55. The number of rotatable bonds is 8. The molecule has 1 unspecified atom stereocenters. The van der Waals surface area contributed by atoms with Crippen LogP contribution in [0.1, 0.15) is 22.3 Å². The Hall–Kier alpha value is -1.74. The van der Waals surface area contributed by atoms with Crippen molar-refractivity contribution in [3.63, 3.8) is 0 Å². The average Bonchev–Trinajstić information content (AvgIpc) is 2.71. The number of nitrogens with zero attached hydrogens (tertiary/aromatic N) is 2. The monoisotopic (exact) mass is 491 g/mol. The van der Waals surface area contributed by atoms with Crippen molar-refractivity contribution in [2.24, 2.45) is 0 Å². The number of aromatic nitrogens is 1. The van der Waals surface area contributed by atoms with Crippen LogP contribution in [0.25, 0.3) is 10.9 Å². The van der Waals surface area contributed by atoms with E-state index in [0.29, 0.717) is 15.6 Å². The second kappa shape index (κ2) is 10.3. The number of hydrogen-bond acceptors (Lipinski definition) is 3. The number of fused-ring (bicyclic) bond motifs is 1. The molecule has 0 saturated heterocycles. The fourth-order valence-corrected chi connectivity index (χ4v) is 5.65. The van der Waals surface area contributed by atoms with Crippen LogP contribution in [-0.2, 0) is 5.21 Å². The predicted molar refractivity (Wildman–Crippen MR) is 125 cm³/mol. The Morgan fingerprint density at radius 2 is 1.90 bits per heavy atom. The topological polar surface area (TPSA) is 45.2 Å². The Bertz CT molecular complexity index is 1010. The van der Waals surface area contributed by atoms with Crippen LogP contribution in [0.15, 0.2) is 48.5 Å². The first kappa shape index (κ1) is 22.0. The first-order chi connectivity index (χ1) is 14.0. The molecule has 0 aliphatic rings.